The molecule has 4 aromatic carbocycles. The molecule has 0 radical (unpaired) electrons. The van der Waals surface area contributed by atoms with Crippen LogP contribution < -0.4 is 20.7 Å². The third-order valence-corrected chi connectivity index (χ3v) is 19.3. The molecule has 0 aromatic heterocycles. The quantitative estimate of drug-likeness (QED) is 0.178. The van der Waals surface area contributed by atoms with Crippen LogP contribution in [0.1, 0.15) is 61.8 Å². The van der Waals surface area contributed by atoms with Crippen molar-refractivity contribution in [3.05, 3.63) is 133 Å². The minimum Gasteiger partial charge on any atom is -0.493 e. The highest BCUT2D eigenvalue weighted by Gasteiger charge is 2.57. The minimum absolute atomic E-state index is 0.167. The van der Waals surface area contributed by atoms with Gasteiger partial charge < -0.3 is 13.6 Å². The maximum atomic E-state index is 7.84. The predicted octanol–water partition coefficient (Wildman–Crippen LogP) is 7.59. The highest BCUT2D eigenvalue weighted by Crippen LogP contribution is 2.42. The van der Waals surface area contributed by atoms with E-state index in [1.54, 1.807) is 0 Å². The van der Waals surface area contributed by atoms with Crippen LogP contribution >= 0.6 is 0 Å². The van der Waals surface area contributed by atoms with Crippen LogP contribution in [0.25, 0.3) is 0 Å². The first-order chi connectivity index (χ1) is 21.4. The van der Waals surface area contributed by atoms with Crippen molar-refractivity contribution in [2.45, 2.75) is 90.2 Å². The lowest BCUT2D eigenvalue weighted by Gasteiger charge is -2.51. The Bertz CT molecular complexity index is 1460. The fourth-order valence-electron chi connectivity index (χ4n) is 7.15. The fraction of sp³-hybridized carbons (Fsp3) is 0.350. The third-order valence-electron chi connectivity index (χ3n) is 9.28. The standard InChI is InChI=1S/C40H50O3Si2/c1-9-32-30-37(42-44(39(3,4)5,33-22-14-10-15-23-33)34-24-16-11-17-25-34)38(31(2)41-32)43-45(40(6,7)8,35-26-18-12-19-27-35)36-28-20-13-21-29-36/h10-31,37-38H,9H2,1-8H3/t31-,37-,38-/m0/s1. The molecule has 0 saturated heterocycles. The molecule has 5 rings (SSSR count). The Labute approximate surface area is 273 Å². The van der Waals surface area contributed by atoms with Crippen molar-refractivity contribution in [2.24, 2.45) is 0 Å². The first-order valence-electron chi connectivity index (χ1n) is 16.4. The molecule has 3 nitrogen and oxygen atoms in total. The number of hydrogen-bond acceptors (Lipinski definition) is 3. The lowest BCUT2D eigenvalue weighted by Crippen LogP contribution is -2.72. The molecule has 0 fully saturated rings. The van der Waals surface area contributed by atoms with E-state index < -0.39 is 16.6 Å². The molecule has 0 amide bonds. The fourth-order valence-corrected chi connectivity index (χ4v) is 16.5. The Morgan fingerprint density at radius 2 is 0.889 bits per heavy atom. The molecular formula is C40H50O3Si2. The summed E-state index contributed by atoms with van der Waals surface area (Å²) >= 11 is 0. The second-order valence-corrected chi connectivity index (χ2v) is 22.8. The molecule has 5 heteroatoms. The molecule has 4 aromatic rings. The van der Waals surface area contributed by atoms with Gasteiger partial charge in [0.2, 0.25) is 0 Å². The smallest absolute Gasteiger partial charge is 0.262 e. The highest BCUT2D eigenvalue weighted by atomic mass is 28.4. The molecule has 0 aliphatic carbocycles. The van der Waals surface area contributed by atoms with Gasteiger partial charge in [-0.2, -0.15) is 0 Å². The SMILES string of the molecule is CCC1=C[C@H](O[Si](c2ccccc2)(c2ccccc2)C(C)(C)C)[C@@H](O[Si](c2ccccc2)(c2ccccc2)C(C)(C)C)[C@H](C)O1. The maximum Gasteiger partial charge on any atom is 0.262 e. The zero-order valence-corrected chi connectivity index (χ0v) is 30.3. The van der Waals surface area contributed by atoms with E-state index in [1.807, 2.05) is 0 Å². The number of allylic oxidation sites excluding steroid dienone is 1. The molecule has 1 aliphatic rings. The van der Waals surface area contributed by atoms with Crippen molar-refractivity contribution < 1.29 is 13.6 Å². The molecule has 0 N–H and O–H groups in total. The Hall–Kier alpha value is -3.23. The van der Waals surface area contributed by atoms with E-state index in [4.69, 9.17) is 13.6 Å². The van der Waals surface area contributed by atoms with Gasteiger partial charge in [0.05, 0.1) is 11.9 Å². The first-order valence-corrected chi connectivity index (χ1v) is 20.2. The summed E-state index contributed by atoms with van der Waals surface area (Å²) in [6, 6.07) is 43.6. The first kappa shape index (κ1) is 33.1. The molecule has 0 unspecified atom stereocenters. The van der Waals surface area contributed by atoms with E-state index in [1.165, 1.54) is 20.7 Å². The van der Waals surface area contributed by atoms with Crippen LogP contribution in [0.15, 0.2) is 133 Å². The van der Waals surface area contributed by atoms with Gasteiger partial charge in [-0.05, 0) is 43.8 Å². The molecule has 0 saturated carbocycles. The third kappa shape index (κ3) is 6.28. The number of benzene rings is 4. The molecule has 1 aliphatic heterocycles. The van der Waals surface area contributed by atoms with Gasteiger partial charge in [-0.15, -0.1) is 0 Å². The summed E-state index contributed by atoms with van der Waals surface area (Å²) in [6.07, 6.45) is 2.19. The normalized spacial score (nSPS) is 19.5. The van der Waals surface area contributed by atoms with Crippen molar-refractivity contribution in [1.82, 2.24) is 0 Å². The largest absolute Gasteiger partial charge is 0.493 e. The summed E-state index contributed by atoms with van der Waals surface area (Å²) in [7, 11) is -5.80. The van der Waals surface area contributed by atoms with Gasteiger partial charge in [-0.3, -0.25) is 0 Å². The molecule has 45 heavy (non-hydrogen) atoms. The molecule has 0 spiro atoms. The van der Waals surface area contributed by atoms with Crippen LogP contribution in [0.3, 0.4) is 0 Å². The van der Waals surface area contributed by atoms with Gasteiger partial charge >= 0.3 is 0 Å². The summed E-state index contributed by atoms with van der Waals surface area (Å²) in [4.78, 5) is 0. The predicted molar refractivity (Wildman–Crippen MR) is 194 cm³/mol. The van der Waals surface area contributed by atoms with Crippen LogP contribution in [0.2, 0.25) is 10.1 Å². The van der Waals surface area contributed by atoms with E-state index >= 15 is 0 Å². The van der Waals surface area contributed by atoms with Gasteiger partial charge in [0.15, 0.2) is 0 Å². The van der Waals surface area contributed by atoms with Gasteiger partial charge in [0, 0.05) is 6.42 Å². The van der Waals surface area contributed by atoms with E-state index in [-0.39, 0.29) is 28.4 Å². The molecule has 236 valence electrons. The van der Waals surface area contributed by atoms with Crippen molar-refractivity contribution in [1.29, 1.82) is 0 Å². The number of hydrogen-bond donors (Lipinski definition) is 0. The molecule has 0 bridgehead atoms. The van der Waals surface area contributed by atoms with Gasteiger partial charge in [-0.25, -0.2) is 0 Å². The van der Waals surface area contributed by atoms with Crippen molar-refractivity contribution in [3.8, 4) is 0 Å². The van der Waals surface area contributed by atoms with Gasteiger partial charge in [-0.1, -0.05) is 170 Å². The summed E-state index contributed by atoms with van der Waals surface area (Å²) in [5.74, 6) is 0.965. The Balaban J connectivity index is 1.74. The molecular weight excluding hydrogens is 585 g/mol. The molecule has 1 heterocycles. The lowest BCUT2D eigenvalue weighted by atomic mass is 10.1. The Morgan fingerprint density at radius 1 is 0.556 bits per heavy atom. The minimum atomic E-state index is -2.91. The number of rotatable bonds is 9. The summed E-state index contributed by atoms with van der Waals surface area (Å²) in [5.41, 5.74) is 0. The summed E-state index contributed by atoms with van der Waals surface area (Å²) < 4.78 is 22.3. The second-order valence-electron chi connectivity index (χ2n) is 14.3. The van der Waals surface area contributed by atoms with Gasteiger partial charge in [0.25, 0.3) is 16.6 Å². The zero-order chi connectivity index (χ0) is 32.3. The van der Waals surface area contributed by atoms with Gasteiger partial charge in [0.1, 0.15) is 12.2 Å². The average Bonchev–Trinajstić information content (AvgIpc) is 3.03. The topological polar surface area (TPSA) is 27.7 Å². The lowest BCUT2D eigenvalue weighted by molar-refractivity contribution is -0.0521. The van der Waals surface area contributed by atoms with E-state index in [9.17, 15) is 0 Å². The van der Waals surface area contributed by atoms with E-state index in [0.29, 0.717) is 0 Å². The van der Waals surface area contributed by atoms with Crippen LogP contribution in [0.4, 0.5) is 0 Å². The summed E-state index contributed by atoms with van der Waals surface area (Å²) in [5, 5.41) is 4.69. The monoisotopic (exact) mass is 634 g/mol. The van der Waals surface area contributed by atoms with Crippen molar-refractivity contribution >= 4 is 37.4 Å². The van der Waals surface area contributed by atoms with E-state index in [2.05, 4.69) is 183 Å². The Kier molecular flexibility index (Phi) is 9.76. The summed E-state index contributed by atoms with van der Waals surface area (Å²) in [6.45, 7) is 18.3. The van der Waals surface area contributed by atoms with Crippen LogP contribution in [-0.4, -0.2) is 34.9 Å². The van der Waals surface area contributed by atoms with Crippen molar-refractivity contribution in [2.75, 3.05) is 0 Å². The average molecular weight is 635 g/mol. The second kappa shape index (κ2) is 13.2. The van der Waals surface area contributed by atoms with Crippen LogP contribution in [-0.2, 0) is 13.6 Å². The molecule has 3 atom stereocenters. The number of ether oxygens (including phenoxy) is 1. The zero-order valence-electron chi connectivity index (χ0n) is 28.3. The Morgan fingerprint density at radius 3 is 1.20 bits per heavy atom. The maximum absolute atomic E-state index is 7.84. The van der Waals surface area contributed by atoms with E-state index in [0.717, 1.165) is 12.2 Å². The van der Waals surface area contributed by atoms with Crippen molar-refractivity contribution in [3.63, 3.8) is 0 Å². The van der Waals surface area contributed by atoms with Crippen LogP contribution in [0.5, 0.6) is 0 Å². The van der Waals surface area contributed by atoms with Crippen LogP contribution in [0, 0.1) is 0 Å². The highest BCUT2D eigenvalue weighted by molar-refractivity contribution is 7.00.